The van der Waals surface area contributed by atoms with Crippen LogP contribution in [0.2, 0.25) is 0 Å². The molecule has 1 aromatic rings. The molecule has 2 atom stereocenters. The second kappa shape index (κ2) is 9.55. The van der Waals surface area contributed by atoms with E-state index in [1.807, 2.05) is 7.05 Å². The van der Waals surface area contributed by atoms with Crippen LogP contribution < -0.4 is 10.6 Å². The average molecular weight is 392 g/mol. The Morgan fingerprint density at radius 2 is 2.15 bits per heavy atom. The predicted octanol–water partition coefficient (Wildman–Crippen LogP) is 2.31. The second-order valence-corrected chi connectivity index (χ2v) is 8.82. The van der Waals surface area contributed by atoms with Crippen molar-refractivity contribution in [2.24, 2.45) is 10.9 Å². The van der Waals surface area contributed by atoms with E-state index in [9.17, 15) is 4.79 Å². The molecule has 150 valence electrons. The fourth-order valence-electron chi connectivity index (χ4n) is 4.11. The topological polar surface area (TPSA) is 60.0 Å². The fraction of sp³-hybridized carbons (Fsp3) is 0.700. The number of amides is 1. The van der Waals surface area contributed by atoms with Crippen molar-refractivity contribution in [3.8, 4) is 0 Å². The third-order valence-electron chi connectivity index (χ3n) is 5.73. The summed E-state index contributed by atoms with van der Waals surface area (Å²) in [6.07, 6.45) is 5.55. The van der Waals surface area contributed by atoms with Gasteiger partial charge in [-0.05, 0) is 44.8 Å². The Kier molecular flexibility index (Phi) is 7.13. The summed E-state index contributed by atoms with van der Waals surface area (Å²) in [5.74, 6) is 1.46. The number of likely N-dealkylation sites (N-methyl/N-ethyl adjacent to an activating group) is 1. The summed E-state index contributed by atoms with van der Waals surface area (Å²) in [5.41, 5.74) is 0. The van der Waals surface area contributed by atoms with Crippen LogP contribution in [0.25, 0.3) is 0 Å². The summed E-state index contributed by atoms with van der Waals surface area (Å²) in [6, 6.07) is 4.86. The summed E-state index contributed by atoms with van der Waals surface area (Å²) >= 11 is 1.78. The van der Waals surface area contributed by atoms with Crippen LogP contribution in [-0.4, -0.2) is 68.5 Å². The van der Waals surface area contributed by atoms with Crippen molar-refractivity contribution in [1.82, 2.24) is 20.4 Å². The molecule has 1 saturated heterocycles. The maximum absolute atomic E-state index is 12.6. The van der Waals surface area contributed by atoms with Crippen LogP contribution in [0.4, 0.5) is 0 Å². The van der Waals surface area contributed by atoms with Gasteiger partial charge in [0.2, 0.25) is 5.91 Å². The molecule has 1 amide bonds. The third kappa shape index (κ3) is 5.23. The minimum Gasteiger partial charge on any atom is -0.354 e. The van der Waals surface area contributed by atoms with Gasteiger partial charge in [-0.15, -0.1) is 11.3 Å². The van der Waals surface area contributed by atoms with E-state index in [-0.39, 0.29) is 12.0 Å². The maximum atomic E-state index is 12.6. The van der Waals surface area contributed by atoms with E-state index < -0.39 is 0 Å². The number of nitrogens with zero attached hydrogens (tertiary/aromatic N) is 3. The van der Waals surface area contributed by atoms with Crippen LogP contribution in [0.15, 0.2) is 22.5 Å². The van der Waals surface area contributed by atoms with E-state index in [4.69, 9.17) is 0 Å². The Bertz CT molecular complexity index is 624. The van der Waals surface area contributed by atoms with E-state index in [2.05, 4.69) is 57.0 Å². The van der Waals surface area contributed by atoms with Gasteiger partial charge in [0.25, 0.3) is 0 Å². The van der Waals surface area contributed by atoms with Gasteiger partial charge in [0.15, 0.2) is 5.96 Å². The van der Waals surface area contributed by atoms with Crippen molar-refractivity contribution in [2.45, 2.75) is 44.2 Å². The fourth-order valence-corrected chi connectivity index (χ4v) is 5.03. The van der Waals surface area contributed by atoms with Crippen molar-refractivity contribution in [3.63, 3.8) is 0 Å². The normalized spacial score (nSPS) is 22.4. The molecule has 6 nitrogen and oxygen atoms in total. The number of hydrogen-bond acceptors (Lipinski definition) is 4. The monoisotopic (exact) mass is 391 g/mol. The van der Waals surface area contributed by atoms with E-state index in [0.717, 1.165) is 44.9 Å². The van der Waals surface area contributed by atoms with Crippen molar-refractivity contribution in [1.29, 1.82) is 0 Å². The Hall–Kier alpha value is -1.60. The quantitative estimate of drug-likeness (QED) is 0.577. The van der Waals surface area contributed by atoms with Crippen LogP contribution in [0, 0.1) is 5.92 Å². The standard InChI is InChI=1S/C20H33N5OS/c1-21-20(22-13-17(24(2)3)18-9-6-12-27-18)23-16-10-11-25(14-16)19(26)15-7-4-5-8-15/h6,9,12,15-17H,4-5,7-8,10-11,13-14H2,1-3H3,(H2,21,22,23). The SMILES string of the molecule is CN=C(NCC(c1cccs1)N(C)C)NC1CCN(C(=O)C2CCCC2)C1. The largest absolute Gasteiger partial charge is 0.354 e. The number of carbonyl (C=O) groups is 1. The number of hydrogen-bond donors (Lipinski definition) is 2. The first-order valence-electron chi connectivity index (χ1n) is 10.0. The molecule has 2 aliphatic rings. The minimum atomic E-state index is 0.271. The highest BCUT2D eigenvalue weighted by Crippen LogP contribution is 2.28. The van der Waals surface area contributed by atoms with Gasteiger partial charge in [0.1, 0.15) is 0 Å². The molecule has 1 aromatic heterocycles. The molecule has 2 fully saturated rings. The Labute approximate surface area is 167 Å². The highest BCUT2D eigenvalue weighted by atomic mass is 32.1. The molecule has 1 aliphatic carbocycles. The van der Waals surface area contributed by atoms with Crippen LogP contribution in [-0.2, 0) is 4.79 Å². The molecule has 7 heteroatoms. The van der Waals surface area contributed by atoms with E-state index >= 15 is 0 Å². The first-order chi connectivity index (χ1) is 13.1. The Morgan fingerprint density at radius 1 is 1.37 bits per heavy atom. The zero-order valence-corrected chi connectivity index (χ0v) is 17.6. The number of carbonyl (C=O) groups excluding carboxylic acids is 1. The number of rotatable bonds is 6. The van der Waals surface area contributed by atoms with Gasteiger partial charge < -0.3 is 20.4 Å². The molecule has 0 bridgehead atoms. The molecule has 27 heavy (non-hydrogen) atoms. The van der Waals surface area contributed by atoms with E-state index in [0.29, 0.717) is 11.9 Å². The molecule has 0 spiro atoms. The lowest BCUT2D eigenvalue weighted by atomic mass is 10.1. The zero-order valence-electron chi connectivity index (χ0n) is 16.8. The summed E-state index contributed by atoms with van der Waals surface area (Å²) in [5, 5.41) is 9.09. The van der Waals surface area contributed by atoms with Gasteiger partial charge in [-0.2, -0.15) is 0 Å². The highest BCUT2D eigenvalue weighted by Gasteiger charge is 2.32. The average Bonchev–Trinajstić information content (AvgIpc) is 3.41. The van der Waals surface area contributed by atoms with E-state index in [1.54, 1.807) is 11.3 Å². The molecule has 0 radical (unpaired) electrons. The van der Waals surface area contributed by atoms with Gasteiger partial charge in [0, 0.05) is 43.5 Å². The Morgan fingerprint density at radius 3 is 2.78 bits per heavy atom. The lowest BCUT2D eigenvalue weighted by Crippen LogP contribution is -2.47. The lowest BCUT2D eigenvalue weighted by molar-refractivity contribution is -0.134. The minimum absolute atomic E-state index is 0.271. The van der Waals surface area contributed by atoms with E-state index in [1.165, 1.54) is 17.7 Å². The second-order valence-electron chi connectivity index (χ2n) is 7.84. The number of thiophene rings is 1. The van der Waals surface area contributed by atoms with Gasteiger partial charge in [-0.25, -0.2) is 0 Å². The predicted molar refractivity (Wildman–Crippen MR) is 112 cm³/mol. The van der Waals surface area contributed by atoms with Crippen molar-refractivity contribution in [3.05, 3.63) is 22.4 Å². The van der Waals surface area contributed by atoms with Gasteiger partial charge >= 0.3 is 0 Å². The van der Waals surface area contributed by atoms with Gasteiger partial charge in [-0.1, -0.05) is 18.9 Å². The Balaban J connectivity index is 1.48. The zero-order chi connectivity index (χ0) is 19.2. The molecule has 1 aliphatic heterocycles. The molecule has 1 saturated carbocycles. The number of nitrogens with one attached hydrogen (secondary N) is 2. The molecule has 0 aromatic carbocycles. The van der Waals surface area contributed by atoms with Gasteiger partial charge in [0.05, 0.1) is 6.04 Å². The summed E-state index contributed by atoms with van der Waals surface area (Å²) in [4.78, 5) is 22.6. The number of guanidine groups is 1. The van der Waals surface area contributed by atoms with Gasteiger partial charge in [-0.3, -0.25) is 9.79 Å². The number of likely N-dealkylation sites (tertiary alicyclic amines) is 1. The first kappa shape index (κ1) is 20.1. The van der Waals surface area contributed by atoms with Crippen molar-refractivity contribution in [2.75, 3.05) is 40.8 Å². The molecular formula is C20H33N5OS. The molecule has 2 N–H and O–H groups in total. The highest BCUT2D eigenvalue weighted by molar-refractivity contribution is 7.10. The van der Waals surface area contributed by atoms with Crippen molar-refractivity contribution < 1.29 is 4.79 Å². The van der Waals surface area contributed by atoms with Crippen LogP contribution in [0.5, 0.6) is 0 Å². The lowest BCUT2D eigenvalue weighted by Gasteiger charge is -2.25. The smallest absolute Gasteiger partial charge is 0.225 e. The molecular weight excluding hydrogens is 358 g/mol. The third-order valence-corrected chi connectivity index (χ3v) is 6.70. The molecule has 2 heterocycles. The number of aliphatic imine (C=N–C) groups is 1. The summed E-state index contributed by atoms with van der Waals surface area (Å²) in [7, 11) is 6.01. The van der Waals surface area contributed by atoms with Crippen LogP contribution in [0.1, 0.15) is 43.0 Å². The van der Waals surface area contributed by atoms with Crippen molar-refractivity contribution >= 4 is 23.2 Å². The summed E-state index contributed by atoms with van der Waals surface area (Å²) < 4.78 is 0. The molecule has 2 unspecified atom stereocenters. The van der Waals surface area contributed by atoms with Crippen LogP contribution >= 0.6 is 11.3 Å². The first-order valence-corrected chi connectivity index (χ1v) is 10.9. The van der Waals surface area contributed by atoms with Crippen LogP contribution in [0.3, 0.4) is 0 Å². The summed E-state index contributed by atoms with van der Waals surface area (Å²) in [6.45, 7) is 2.45. The molecule has 3 rings (SSSR count). The maximum Gasteiger partial charge on any atom is 0.225 e.